The SMILES string of the molecule is Cc1ccc(NC(=S)NC2(c3cccs3)CCCC2)c(C)c1. The van der Waals surface area contributed by atoms with Crippen LogP contribution in [0, 0.1) is 13.8 Å². The smallest absolute Gasteiger partial charge is 0.171 e. The van der Waals surface area contributed by atoms with Crippen LogP contribution in [0.3, 0.4) is 0 Å². The quantitative estimate of drug-likeness (QED) is 0.764. The van der Waals surface area contributed by atoms with Gasteiger partial charge in [-0.05, 0) is 62.0 Å². The maximum Gasteiger partial charge on any atom is 0.171 e. The van der Waals surface area contributed by atoms with Crippen molar-refractivity contribution in [2.75, 3.05) is 5.32 Å². The molecule has 116 valence electrons. The van der Waals surface area contributed by atoms with Gasteiger partial charge >= 0.3 is 0 Å². The number of nitrogens with one attached hydrogen (secondary N) is 2. The van der Waals surface area contributed by atoms with Gasteiger partial charge in [0.05, 0.1) is 5.54 Å². The Bertz CT molecular complexity index is 656. The fraction of sp³-hybridized carbons (Fsp3) is 0.389. The van der Waals surface area contributed by atoms with Crippen LogP contribution in [0.15, 0.2) is 35.7 Å². The van der Waals surface area contributed by atoms with Gasteiger partial charge in [-0.15, -0.1) is 11.3 Å². The van der Waals surface area contributed by atoms with Crippen LogP contribution in [-0.2, 0) is 5.54 Å². The van der Waals surface area contributed by atoms with Crippen molar-refractivity contribution in [3.63, 3.8) is 0 Å². The number of hydrogen-bond donors (Lipinski definition) is 2. The van der Waals surface area contributed by atoms with Crippen LogP contribution in [0.25, 0.3) is 0 Å². The highest BCUT2D eigenvalue weighted by Crippen LogP contribution is 2.40. The van der Waals surface area contributed by atoms with E-state index in [1.165, 1.54) is 28.8 Å². The molecule has 1 saturated carbocycles. The minimum atomic E-state index is 0.0247. The third-order valence-corrected chi connectivity index (χ3v) is 5.71. The minimum Gasteiger partial charge on any atom is -0.352 e. The van der Waals surface area contributed by atoms with E-state index in [1.54, 1.807) is 0 Å². The topological polar surface area (TPSA) is 24.1 Å². The van der Waals surface area contributed by atoms with E-state index in [0.717, 1.165) is 23.6 Å². The van der Waals surface area contributed by atoms with E-state index in [1.807, 2.05) is 11.3 Å². The van der Waals surface area contributed by atoms with Crippen molar-refractivity contribution in [3.8, 4) is 0 Å². The van der Waals surface area contributed by atoms with Crippen molar-refractivity contribution in [3.05, 3.63) is 51.7 Å². The van der Waals surface area contributed by atoms with E-state index in [0.29, 0.717) is 0 Å². The third-order valence-electron chi connectivity index (χ3n) is 4.43. The standard InChI is InChI=1S/C18H22N2S2/c1-13-7-8-15(14(2)12-13)19-17(21)20-18(9-3-4-10-18)16-6-5-11-22-16/h5-8,11-12H,3-4,9-10H2,1-2H3,(H2,19,20,21). The van der Waals surface area contributed by atoms with Crippen molar-refractivity contribution in [1.29, 1.82) is 0 Å². The van der Waals surface area contributed by atoms with Crippen LogP contribution in [0.2, 0.25) is 0 Å². The number of thiocarbonyl (C=S) groups is 1. The Morgan fingerprint density at radius 2 is 1.95 bits per heavy atom. The van der Waals surface area contributed by atoms with Gasteiger partial charge in [-0.2, -0.15) is 0 Å². The predicted molar refractivity (Wildman–Crippen MR) is 99.7 cm³/mol. The van der Waals surface area contributed by atoms with Crippen molar-refractivity contribution < 1.29 is 0 Å². The molecule has 0 unspecified atom stereocenters. The molecule has 0 radical (unpaired) electrons. The molecule has 1 aromatic carbocycles. The molecule has 0 atom stereocenters. The summed E-state index contributed by atoms with van der Waals surface area (Å²) in [5.41, 5.74) is 3.60. The summed E-state index contributed by atoms with van der Waals surface area (Å²) >= 11 is 7.42. The molecule has 1 heterocycles. The summed E-state index contributed by atoms with van der Waals surface area (Å²) in [5, 5.41) is 9.87. The molecule has 1 aromatic heterocycles. The molecule has 0 spiro atoms. The maximum atomic E-state index is 5.59. The second-order valence-corrected chi connectivity index (χ2v) is 7.52. The Kier molecular flexibility index (Phi) is 4.50. The van der Waals surface area contributed by atoms with E-state index >= 15 is 0 Å². The Labute approximate surface area is 142 Å². The molecular formula is C18H22N2S2. The molecule has 2 aromatic rings. The molecule has 2 N–H and O–H groups in total. The van der Waals surface area contributed by atoms with Crippen LogP contribution in [0.4, 0.5) is 5.69 Å². The molecule has 4 heteroatoms. The lowest BCUT2D eigenvalue weighted by atomic mass is 9.96. The molecule has 2 nitrogen and oxygen atoms in total. The second kappa shape index (κ2) is 6.39. The van der Waals surface area contributed by atoms with Gasteiger partial charge in [-0.1, -0.05) is 36.6 Å². The first kappa shape index (κ1) is 15.5. The van der Waals surface area contributed by atoms with Gasteiger partial charge in [0.2, 0.25) is 0 Å². The van der Waals surface area contributed by atoms with Gasteiger partial charge in [0.15, 0.2) is 5.11 Å². The van der Waals surface area contributed by atoms with Gasteiger partial charge in [0, 0.05) is 10.6 Å². The Hall–Kier alpha value is -1.39. The number of anilines is 1. The number of hydrogen-bond acceptors (Lipinski definition) is 2. The van der Waals surface area contributed by atoms with Crippen LogP contribution in [0.5, 0.6) is 0 Å². The van der Waals surface area contributed by atoms with Crippen molar-refractivity contribution in [1.82, 2.24) is 5.32 Å². The first-order valence-electron chi connectivity index (χ1n) is 7.79. The van der Waals surface area contributed by atoms with Crippen LogP contribution >= 0.6 is 23.6 Å². The highest BCUT2D eigenvalue weighted by molar-refractivity contribution is 7.80. The van der Waals surface area contributed by atoms with Gasteiger partial charge < -0.3 is 10.6 Å². The average Bonchev–Trinajstić information content (AvgIpc) is 3.13. The number of aryl methyl sites for hydroxylation is 2. The van der Waals surface area contributed by atoms with Gasteiger partial charge in [-0.3, -0.25) is 0 Å². The summed E-state index contributed by atoms with van der Waals surface area (Å²) in [5.74, 6) is 0. The van der Waals surface area contributed by atoms with Gasteiger partial charge in [0.1, 0.15) is 0 Å². The molecule has 0 amide bonds. The van der Waals surface area contributed by atoms with Crippen LogP contribution < -0.4 is 10.6 Å². The summed E-state index contributed by atoms with van der Waals surface area (Å²) in [6.07, 6.45) is 4.83. The first-order valence-corrected chi connectivity index (χ1v) is 9.08. The minimum absolute atomic E-state index is 0.0247. The molecule has 1 fully saturated rings. The molecule has 0 saturated heterocycles. The van der Waals surface area contributed by atoms with E-state index in [2.05, 4.69) is 60.2 Å². The molecule has 1 aliphatic rings. The largest absolute Gasteiger partial charge is 0.352 e. The van der Waals surface area contributed by atoms with Crippen molar-refractivity contribution in [2.45, 2.75) is 45.1 Å². The Morgan fingerprint density at radius 3 is 2.59 bits per heavy atom. The van der Waals surface area contributed by atoms with Gasteiger partial charge in [-0.25, -0.2) is 0 Å². The monoisotopic (exact) mass is 330 g/mol. The van der Waals surface area contributed by atoms with Crippen LogP contribution in [0.1, 0.15) is 41.7 Å². The van der Waals surface area contributed by atoms with Crippen LogP contribution in [-0.4, -0.2) is 5.11 Å². The summed E-state index contributed by atoms with van der Waals surface area (Å²) in [4.78, 5) is 1.40. The molecule has 1 aliphatic carbocycles. The van der Waals surface area contributed by atoms with E-state index in [9.17, 15) is 0 Å². The highest BCUT2D eigenvalue weighted by atomic mass is 32.1. The molecule has 0 bridgehead atoms. The number of rotatable bonds is 3. The summed E-state index contributed by atoms with van der Waals surface area (Å²) in [6, 6.07) is 10.7. The molecule has 22 heavy (non-hydrogen) atoms. The number of thiophene rings is 1. The second-order valence-electron chi connectivity index (χ2n) is 6.16. The normalized spacial score (nSPS) is 16.5. The summed E-state index contributed by atoms with van der Waals surface area (Å²) in [7, 11) is 0. The summed E-state index contributed by atoms with van der Waals surface area (Å²) < 4.78 is 0. The fourth-order valence-electron chi connectivity index (χ4n) is 3.29. The summed E-state index contributed by atoms with van der Waals surface area (Å²) in [6.45, 7) is 4.22. The maximum absolute atomic E-state index is 5.59. The molecular weight excluding hydrogens is 308 g/mol. The zero-order valence-corrected chi connectivity index (χ0v) is 14.7. The Balaban J connectivity index is 1.75. The fourth-order valence-corrected chi connectivity index (χ4v) is 4.53. The average molecular weight is 331 g/mol. The Morgan fingerprint density at radius 1 is 1.18 bits per heavy atom. The zero-order valence-electron chi connectivity index (χ0n) is 13.1. The molecule has 3 rings (SSSR count). The van der Waals surface area contributed by atoms with E-state index in [4.69, 9.17) is 12.2 Å². The third kappa shape index (κ3) is 3.18. The lowest BCUT2D eigenvalue weighted by Gasteiger charge is -2.31. The zero-order chi connectivity index (χ0) is 15.6. The lowest BCUT2D eigenvalue weighted by Crippen LogP contribution is -2.45. The molecule has 0 aliphatic heterocycles. The van der Waals surface area contributed by atoms with Crippen molar-refractivity contribution in [2.24, 2.45) is 0 Å². The van der Waals surface area contributed by atoms with Crippen molar-refractivity contribution >= 4 is 34.4 Å². The van der Waals surface area contributed by atoms with Gasteiger partial charge in [0.25, 0.3) is 0 Å². The number of benzene rings is 1. The highest BCUT2D eigenvalue weighted by Gasteiger charge is 2.37. The first-order chi connectivity index (χ1) is 10.6. The van der Waals surface area contributed by atoms with E-state index in [-0.39, 0.29) is 5.54 Å². The predicted octanol–water partition coefficient (Wildman–Crippen LogP) is 5.12. The van der Waals surface area contributed by atoms with E-state index < -0.39 is 0 Å². The lowest BCUT2D eigenvalue weighted by molar-refractivity contribution is 0.417.